The van der Waals surface area contributed by atoms with Crippen molar-refractivity contribution in [3.05, 3.63) is 42.5 Å². The molecule has 0 saturated carbocycles. The zero-order valence-electron chi connectivity index (χ0n) is 10.5. The maximum absolute atomic E-state index is 9.69. The van der Waals surface area contributed by atoms with Crippen LogP contribution in [0.15, 0.2) is 36.9 Å². The van der Waals surface area contributed by atoms with Gasteiger partial charge < -0.3 is 15.2 Å². The van der Waals surface area contributed by atoms with Gasteiger partial charge in [-0.25, -0.2) is 0 Å². The first-order valence-corrected chi connectivity index (χ1v) is 5.82. The standard InChI is InChI=1S/C14H18N2O2/c1-3-11(2)16-9-13(17)10-18-14-6-4-5-12(7-14)8-15/h3-7,11,13,16-17H,1,9-10H2,2H3. The van der Waals surface area contributed by atoms with Gasteiger partial charge in [-0.05, 0) is 25.1 Å². The van der Waals surface area contributed by atoms with Gasteiger partial charge in [-0.3, -0.25) is 0 Å². The van der Waals surface area contributed by atoms with E-state index < -0.39 is 6.10 Å². The molecule has 0 saturated heterocycles. The molecule has 2 atom stereocenters. The third-order valence-electron chi connectivity index (χ3n) is 2.43. The monoisotopic (exact) mass is 246 g/mol. The molecule has 2 unspecified atom stereocenters. The number of hydrogen-bond donors (Lipinski definition) is 2. The molecule has 0 aliphatic heterocycles. The van der Waals surface area contributed by atoms with Crippen molar-refractivity contribution in [3.8, 4) is 11.8 Å². The molecule has 0 aliphatic rings. The summed E-state index contributed by atoms with van der Waals surface area (Å²) in [5.74, 6) is 0.588. The van der Waals surface area contributed by atoms with Crippen molar-refractivity contribution in [1.82, 2.24) is 5.32 Å². The number of aliphatic hydroxyl groups is 1. The molecule has 0 radical (unpaired) electrons. The van der Waals surface area contributed by atoms with E-state index in [1.54, 1.807) is 30.3 Å². The summed E-state index contributed by atoms with van der Waals surface area (Å²) in [4.78, 5) is 0. The molecule has 1 aromatic rings. The van der Waals surface area contributed by atoms with Gasteiger partial charge in [0.2, 0.25) is 0 Å². The fourth-order valence-electron chi connectivity index (χ4n) is 1.31. The molecule has 0 aromatic heterocycles. The Labute approximate surface area is 108 Å². The third kappa shape index (κ3) is 5.00. The van der Waals surface area contributed by atoms with Gasteiger partial charge in [-0.1, -0.05) is 12.1 Å². The number of benzene rings is 1. The molecule has 2 N–H and O–H groups in total. The minimum absolute atomic E-state index is 0.154. The maximum Gasteiger partial charge on any atom is 0.120 e. The lowest BCUT2D eigenvalue weighted by Crippen LogP contribution is -2.35. The number of nitriles is 1. The summed E-state index contributed by atoms with van der Waals surface area (Å²) in [7, 11) is 0. The van der Waals surface area contributed by atoms with Crippen molar-refractivity contribution < 1.29 is 9.84 Å². The minimum atomic E-state index is -0.599. The number of ether oxygens (including phenoxy) is 1. The molecule has 0 fully saturated rings. The molecule has 4 nitrogen and oxygen atoms in total. The molecule has 18 heavy (non-hydrogen) atoms. The second kappa shape index (κ2) is 7.49. The average Bonchev–Trinajstić information content (AvgIpc) is 2.42. The van der Waals surface area contributed by atoms with Crippen molar-refractivity contribution in [2.75, 3.05) is 13.2 Å². The summed E-state index contributed by atoms with van der Waals surface area (Å²) >= 11 is 0. The van der Waals surface area contributed by atoms with Gasteiger partial charge in [0.1, 0.15) is 18.5 Å². The van der Waals surface area contributed by atoms with Crippen LogP contribution < -0.4 is 10.1 Å². The van der Waals surface area contributed by atoms with Gasteiger partial charge in [-0.15, -0.1) is 6.58 Å². The van der Waals surface area contributed by atoms with E-state index in [4.69, 9.17) is 10.00 Å². The zero-order chi connectivity index (χ0) is 13.4. The van der Waals surface area contributed by atoms with Crippen molar-refractivity contribution >= 4 is 0 Å². The van der Waals surface area contributed by atoms with Gasteiger partial charge in [0, 0.05) is 12.6 Å². The Balaban J connectivity index is 2.35. The lowest BCUT2D eigenvalue weighted by atomic mass is 10.2. The summed E-state index contributed by atoms with van der Waals surface area (Å²) in [5, 5.41) is 21.5. The summed E-state index contributed by atoms with van der Waals surface area (Å²) in [6.07, 6.45) is 1.17. The second-order valence-electron chi connectivity index (χ2n) is 4.04. The van der Waals surface area contributed by atoms with Crippen LogP contribution in [0, 0.1) is 11.3 Å². The van der Waals surface area contributed by atoms with E-state index in [1.807, 2.05) is 13.0 Å². The van der Waals surface area contributed by atoms with Crippen molar-refractivity contribution in [2.24, 2.45) is 0 Å². The second-order valence-corrected chi connectivity index (χ2v) is 4.04. The first-order valence-electron chi connectivity index (χ1n) is 5.82. The van der Waals surface area contributed by atoms with Crippen LogP contribution in [0.3, 0.4) is 0 Å². The molecule has 0 heterocycles. The smallest absolute Gasteiger partial charge is 0.120 e. The van der Waals surface area contributed by atoms with Crippen LogP contribution in [0.2, 0.25) is 0 Å². The Kier molecular flexibility index (Phi) is 5.92. The highest BCUT2D eigenvalue weighted by Gasteiger charge is 2.06. The molecular weight excluding hydrogens is 228 g/mol. The highest BCUT2D eigenvalue weighted by molar-refractivity contribution is 5.36. The zero-order valence-corrected chi connectivity index (χ0v) is 10.5. The topological polar surface area (TPSA) is 65.3 Å². The summed E-state index contributed by atoms with van der Waals surface area (Å²) in [6, 6.07) is 9.05. The summed E-state index contributed by atoms with van der Waals surface area (Å²) < 4.78 is 5.41. The summed E-state index contributed by atoms with van der Waals surface area (Å²) in [6.45, 7) is 6.22. The van der Waals surface area contributed by atoms with Crippen LogP contribution >= 0.6 is 0 Å². The number of rotatable bonds is 7. The Morgan fingerprint density at radius 2 is 2.39 bits per heavy atom. The number of nitrogens with zero attached hydrogens (tertiary/aromatic N) is 1. The Hall–Kier alpha value is -1.83. The Morgan fingerprint density at radius 3 is 3.06 bits per heavy atom. The van der Waals surface area contributed by atoms with Crippen LogP contribution in [-0.2, 0) is 0 Å². The van der Waals surface area contributed by atoms with Crippen LogP contribution in [0.1, 0.15) is 12.5 Å². The summed E-state index contributed by atoms with van der Waals surface area (Å²) in [5.41, 5.74) is 0.542. The highest BCUT2D eigenvalue weighted by Crippen LogP contribution is 2.12. The first kappa shape index (κ1) is 14.2. The van der Waals surface area contributed by atoms with Crippen LogP contribution in [0.4, 0.5) is 0 Å². The van der Waals surface area contributed by atoms with Gasteiger partial charge in [0.15, 0.2) is 0 Å². The van der Waals surface area contributed by atoms with Crippen LogP contribution in [0.25, 0.3) is 0 Å². The van der Waals surface area contributed by atoms with Crippen molar-refractivity contribution in [1.29, 1.82) is 5.26 Å². The Morgan fingerprint density at radius 1 is 1.61 bits per heavy atom. The number of aliphatic hydroxyl groups excluding tert-OH is 1. The van der Waals surface area contributed by atoms with Gasteiger partial charge in [-0.2, -0.15) is 5.26 Å². The van der Waals surface area contributed by atoms with Gasteiger partial charge in [0.25, 0.3) is 0 Å². The number of nitrogens with one attached hydrogen (secondary N) is 1. The van der Waals surface area contributed by atoms with Crippen LogP contribution in [-0.4, -0.2) is 30.4 Å². The molecule has 96 valence electrons. The molecule has 0 spiro atoms. The molecule has 1 aromatic carbocycles. The number of hydrogen-bond acceptors (Lipinski definition) is 4. The third-order valence-corrected chi connectivity index (χ3v) is 2.43. The van der Waals surface area contributed by atoms with Gasteiger partial charge >= 0.3 is 0 Å². The molecule has 1 rings (SSSR count). The molecular formula is C14H18N2O2. The average molecular weight is 246 g/mol. The largest absolute Gasteiger partial charge is 0.491 e. The molecule has 4 heteroatoms. The van der Waals surface area contributed by atoms with Crippen molar-refractivity contribution in [3.63, 3.8) is 0 Å². The molecule has 0 amide bonds. The SMILES string of the molecule is C=CC(C)NCC(O)COc1cccc(C#N)c1. The van der Waals surface area contributed by atoms with Crippen LogP contribution in [0.5, 0.6) is 5.75 Å². The quantitative estimate of drug-likeness (QED) is 0.715. The fourth-order valence-corrected chi connectivity index (χ4v) is 1.31. The molecule has 0 bridgehead atoms. The van der Waals surface area contributed by atoms with E-state index in [9.17, 15) is 5.11 Å². The lowest BCUT2D eigenvalue weighted by molar-refractivity contribution is 0.105. The van der Waals surface area contributed by atoms with E-state index in [2.05, 4.69) is 11.9 Å². The first-order chi connectivity index (χ1) is 8.65. The predicted molar refractivity (Wildman–Crippen MR) is 70.3 cm³/mol. The minimum Gasteiger partial charge on any atom is -0.491 e. The normalized spacial score (nSPS) is 13.4. The highest BCUT2D eigenvalue weighted by atomic mass is 16.5. The predicted octanol–water partition coefficient (Wildman–Crippen LogP) is 1.46. The van der Waals surface area contributed by atoms with E-state index >= 15 is 0 Å². The van der Waals surface area contributed by atoms with E-state index in [-0.39, 0.29) is 12.6 Å². The maximum atomic E-state index is 9.69. The molecule has 0 aliphatic carbocycles. The fraction of sp³-hybridized carbons (Fsp3) is 0.357. The Bertz CT molecular complexity index is 426. The lowest BCUT2D eigenvalue weighted by Gasteiger charge is -2.15. The van der Waals surface area contributed by atoms with Crippen molar-refractivity contribution in [2.45, 2.75) is 19.1 Å². The van der Waals surface area contributed by atoms with E-state index in [0.29, 0.717) is 17.9 Å². The van der Waals surface area contributed by atoms with E-state index in [1.165, 1.54) is 0 Å². The van der Waals surface area contributed by atoms with Gasteiger partial charge in [0.05, 0.1) is 11.6 Å². The van der Waals surface area contributed by atoms with E-state index in [0.717, 1.165) is 0 Å².